The van der Waals surface area contributed by atoms with E-state index < -0.39 is 138 Å². The minimum Gasteiger partial charge on any atom is -0.453 e. The van der Waals surface area contributed by atoms with E-state index in [1.807, 2.05) is 11.8 Å². The van der Waals surface area contributed by atoms with Gasteiger partial charge in [-0.05, 0) is 43.4 Å². The number of benzene rings is 1. The Morgan fingerprint density at radius 2 is 1.35 bits per heavy atom. The number of phosphoric acid groups is 2. The van der Waals surface area contributed by atoms with Gasteiger partial charge in [-0.25, -0.2) is 43.3 Å². The highest BCUT2D eigenvalue weighted by Crippen LogP contribution is 2.52. The molecule has 1 aromatic carbocycles. The predicted molar refractivity (Wildman–Crippen MR) is 321 cm³/mol. The molecule has 0 bridgehead atoms. The molecule has 5 aromatic rings. The van der Waals surface area contributed by atoms with Gasteiger partial charge < -0.3 is 87.6 Å². The SMILES string of the molecule is [2H]N(C(=O)CCCCCNC(=O)CCCC[C@@H]1SC[C@@H]2NC(=O)N[C@@H]21)[C@@H](Cc1ccccc1)C(=O)O[C@@H]1[C@H](O)[C@@H](COP(=O)(O)O[C@H]2[C@@H](O)[C@H](n3ccc([15NH2])[15n]c3=O)O[C@@H]2COP(=O)(O)O[C@H]2[C@@H](O)[C@H](n3ccc([15NH2])[15n]c3=O)O[C@@H]2CO)O[C@H]1n1cnc2c(N)ncnc21. The Morgan fingerprint density at radius 1 is 0.742 bits per heavy atom. The lowest BCUT2D eigenvalue weighted by Crippen LogP contribution is -2.47. The van der Waals surface area contributed by atoms with Crippen LogP contribution in [0.5, 0.6) is 0 Å². The third kappa shape index (κ3) is 16.7. The van der Waals surface area contributed by atoms with E-state index in [-0.39, 0.29) is 71.9 Å². The van der Waals surface area contributed by atoms with E-state index in [4.69, 9.17) is 55.7 Å². The lowest BCUT2D eigenvalue weighted by atomic mass is 10.0. The van der Waals surface area contributed by atoms with Crippen LogP contribution in [-0.4, -0.2) is 203 Å². The van der Waals surface area contributed by atoms with E-state index in [9.17, 15) is 68.1 Å². The summed E-state index contributed by atoms with van der Waals surface area (Å²) in [5, 5.41) is 54.4. The number of nitrogens with one attached hydrogen (secondary N) is 4. The summed E-state index contributed by atoms with van der Waals surface area (Å²) in [6.45, 7) is -2.84. The molecule has 5 aliphatic heterocycles. The van der Waals surface area contributed by atoms with Gasteiger partial charge in [-0.15, -0.1) is 0 Å². The number of urea groups is 1. The minimum absolute atomic E-state index is 0.00258. The van der Waals surface area contributed by atoms with Crippen LogP contribution in [0.2, 0.25) is 1.41 Å². The van der Waals surface area contributed by atoms with Gasteiger partial charge in [-0.1, -0.05) is 43.2 Å². The van der Waals surface area contributed by atoms with Crippen LogP contribution < -0.4 is 49.8 Å². The molecule has 18 atom stereocenters. The Balaban J connectivity index is 0.787. The number of thioether (sulfide) groups is 1. The van der Waals surface area contributed by atoms with Gasteiger partial charge in [0.25, 0.3) is 0 Å². The van der Waals surface area contributed by atoms with E-state index in [0.29, 0.717) is 52.9 Å². The molecule has 2 unspecified atom stereocenters. The van der Waals surface area contributed by atoms with E-state index >= 15 is 0 Å². The van der Waals surface area contributed by atoms with Crippen LogP contribution in [0.25, 0.3) is 11.2 Å². The number of nitrogens with zero attached hydrogens (tertiary/aromatic N) is 8. The Labute approximate surface area is 533 Å². The van der Waals surface area contributed by atoms with Gasteiger partial charge in [0.15, 0.2) is 37.7 Å². The lowest BCUT2D eigenvalue weighted by molar-refractivity contribution is -0.162. The molecular formula is C53H71N15O22P2S. The average molecular weight is 1370 g/mol. The maximum Gasteiger partial charge on any atom is 0.472 e. The number of carbonyl (C=O) groups is 4. The molecule has 5 fully saturated rings. The van der Waals surface area contributed by atoms with Crippen molar-refractivity contribution in [3.05, 3.63) is 94.0 Å². The molecule has 5 saturated heterocycles. The number of hydrogen-bond acceptors (Lipinski definition) is 29. The van der Waals surface area contributed by atoms with Crippen molar-refractivity contribution in [1.29, 1.82) is 0 Å². The molecule has 0 radical (unpaired) electrons. The largest absolute Gasteiger partial charge is 0.472 e. The number of esters is 1. The number of unbranched alkanes of at least 4 members (excludes halogenated alkanes) is 3. The molecule has 4 aromatic heterocycles. The summed E-state index contributed by atoms with van der Waals surface area (Å²) < 4.78 is 84.0. The first kappa shape index (κ1) is 67.3. The molecule has 40 heteroatoms. The fraction of sp³-hybridized carbons (Fsp3) is 0.566. The standard InChI is InChI=1S/C53H71N15O22P2S/c54-33-14-17-66(52(77)63-33)47-40(73)42(29(20-69)85-47)89-92(81,82)84-22-31-43(41(74)48(87-31)67-18-15-34(55)64-53(67)78)90-91(79,80)83-21-30-39(72)44(49(86-30)68-25-60-38-45(56)58-24-59-46(38)68)88-50(75)27(19-26-9-3-1-4-10-26)61-36(71)13-5-2-8-16-57-35(70)12-7-6-11-32-37-28(23-93-32)62-51(76)65-37/h1,3-4,9-10,14-15,17-18,24-25,27-32,37,39-44,47-49,69,72-74H,2,5-8,11-13,16,19-23H2,(H,57,70)(H,61,71)(H,79,80)(H,81,82)(H2,54,63,77)(H2,55,64,78)(H2,56,58,59)(H2,62,65,76)/t27-,28-,29+,30+,31+,32-,37-,39+,40+,41+,42+,43+,44+,47+,48+,49+/m0/s1/i54+1,55+1,63+1,64+1/hD. The molecule has 0 spiro atoms. The van der Waals surface area contributed by atoms with Crippen molar-refractivity contribution in [2.75, 3.05) is 49.3 Å². The van der Waals surface area contributed by atoms with Crippen LogP contribution in [0.1, 0.15) is 75.6 Å². The van der Waals surface area contributed by atoms with Crippen LogP contribution >= 0.6 is 27.4 Å². The summed E-state index contributed by atoms with van der Waals surface area (Å²) in [4.78, 5) is 120. The van der Waals surface area contributed by atoms with Gasteiger partial charge in [-0.3, -0.25) is 41.4 Å². The van der Waals surface area contributed by atoms with E-state index in [2.05, 4.69) is 40.9 Å². The normalized spacial score (nSPS) is 29.2. The molecule has 37 nitrogen and oxygen atoms in total. The van der Waals surface area contributed by atoms with Gasteiger partial charge in [0.2, 0.25) is 11.8 Å². The summed E-state index contributed by atoms with van der Waals surface area (Å²) in [5.41, 5.74) is 15.8. The number of rotatable bonds is 30. The number of amides is 4. The topological polar surface area (TPSA) is 537 Å². The van der Waals surface area contributed by atoms with Gasteiger partial charge in [0.05, 0.1) is 38.2 Å². The average Bonchev–Trinajstić information content (AvgIpc) is 1.63. The summed E-state index contributed by atoms with van der Waals surface area (Å²) in [6.07, 6.45) is -14.2. The summed E-state index contributed by atoms with van der Waals surface area (Å²) >= 11 is 1.81. The second kappa shape index (κ2) is 30.1. The van der Waals surface area contributed by atoms with Crippen molar-refractivity contribution in [3.63, 3.8) is 0 Å². The number of nitrogens with two attached hydrogens (primary N) is 3. The Morgan fingerprint density at radius 3 is 2.01 bits per heavy atom. The first-order valence-corrected chi connectivity index (χ1v) is 33.5. The van der Waals surface area contributed by atoms with Crippen LogP contribution in [0.3, 0.4) is 0 Å². The van der Waals surface area contributed by atoms with Crippen LogP contribution in [-0.2, 0) is 67.0 Å². The van der Waals surface area contributed by atoms with Crippen molar-refractivity contribution in [2.45, 2.75) is 155 Å². The molecule has 0 saturated carbocycles. The van der Waals surface area contributed by atoms with E-state index in [1.165, 1.54) is 17.0 Å². The predicted octanol–water partition coefficient (Wildman–Crippen LogP) is -2.10. The number of aromatic nitrogens is 8. The summed E-state index contributed by atoms with van der Waals surface area (Å²) in [6, 6.07) is 9.12. The highest BCUT2D eigenvalue weighted by molar-refractivity contribution is 8.00. The highest BCUT2D eigenvalue weighted by atomic mass is 32.2. The number of imidazole rings is 1. The van der Waals surface area contributed by atoms with Crippen molar-refractivity contribution in [1.82, 2.24) is 59.9 Å². The molecule has 10 rings (SSSR count). The zero-order chi connectivity index (χ0) is 67.2. The van der Waals surface area contributed by atoms with E-state index in [1.54, 1.807) is 30.3 Å². The van der Waals surface area contributed by atoms with Crippen molar-refractivity contribution < 1.29 is 97.0 Å². The fourth-order valence-corrected chi connectivity index (χ4v) is 14.8. The third-order valence-corrected chi connectivity index (χ3v) is 19.4. The van der Waals surface area contributed by atoms with Crippen LogP contribution in [0.15, 0.2) is 77.1 Å². The number of fused-ring (bicyclic) bond motifs is 2. The van der Waals surface area contributed by atoms with Crippen LogP contribution in [0.4, 0.5) is 22.2 Å². The first-order valence-electron chi connectivity index (χ1n) is 29.9. The molecule has 506 valence electrons. The minimum atomic E-state index is -5.62. The van der Waals surface area contributed by atoms with Crippen LogP contribution in [0, 0.1) is 0 Å². The molecule has 16 N–H and O–H groups in total. The van der Waals surface area contributed by atoms with E-state index in [0.717, 1.165) is 47.9 Å². The second-order valence-corrected chi connectivity index (χ2v) is 26.4. The first-order chi connectivity index (χ1) is 44.9. The molecule has 9 heterocycles. The number of nitrogen functional groups attached to an aromatic ring is 3. The number of ether oxygens (including phenoxy) is 4. The van der Waals surface area contributed by atoms with Gasteiger partial charge in [0, 0.05) is 49.2 Å². The maximum absolute atomic E-state index is 14.6. The number of phosphoric ester groups is 2. The quantitative estimate of drug-likeness (QED) is 0.00770. The zero-order valence-electron chi connectivity index (χ0n) is 50.3. The smallest absolute Gasteiger partial charge is 0.453 e. The zero-order valence-corrected chi connectivity index (χ0v) is 51.9. The summed E-state index contributed by atoms with van der Waals surface area (Å²) in [7, 11) is -11.1. The Bertz CT molecular complexity index is 3740. The Hall–Kier alpha value is -7.10. The molecular weight excluding hydrogens is 1300 g/mol. The highest BCUT2D eigenvalue weighted by Gasteiger charge is 2.54. The van der Waals surface area contributed by atoms with Gasteiger partial charge >= 0.3 is 39.0 Å². The second-order valence-electron chi connectivity index (χ2n) is 22.3. The Kier molecular flexibility index (Phi) is 21.8. The number of aliphatic hydroxyl groups is 4. The number of anilines is 3. The van der Waals surface area contributed by atoms with Crippen molar-refractivity contribution in [2.24, 2.45) is 0 Å². The third-order valence-electron chi connectivity index (χ3n) is 15.9. The van der Waals surface area contributed by atoms with Gasteiger partial charge in [-0.2, -0.15) is 21.7 Å². The molecule has 0 aliphatic carbocycles. The van der Waals surface area contributed by atoms with Crippen molar-refractivity contribution in [3.8, 4) is 0 Å². The monoisotopic (exact) mass is 1370 g/mol. The molecule has 5 aliphatic rings. The lowest BCUT2D eigenvalue weighted by Gasteiger charge is -2.26. The maximum atomic E-state index is 14.6. The summed E-state index contributed by atoms with van der Waals surface area (Å²) in [5.74, 6) is -1.73. The number of aliphatic hydroxyl groups excluding tert-OH is 4. The molecule has 93 heavy (non-hydrogen) atoms. The molecule has 4 amide bonds. The number of carbonyl (C=O) groups excluding carboxylic acids is 4. The fourth-order valence-electron chi connectivity index (χ4n) is 11.3. The number of hydrogen-bond donors (Lipinski definition) is 13. The van der Waals surface area contributed by atoms with Crippen molar-refractivity contribution >= 4 is 79.8 Å². The van der Waals surface area contributed by atoms with Gasteiger partial charge in [0.1, 0.15) is 78.4 Å².